The average Bonchev–Trinajstić information content (AvgIpc) is 2.34. The maximum absolute atomic E-state index is 11.2. The van der Waals surface area contributed by atoms with E-state index in [0.29, 0.717) is 13.0 Å². The number of carbonyl (C=O) groups is 1. The smallest absolute Gasteiger partial charge is 0.307 e. The first-order valence-electron chi connectivity index (χ1n) is 6.65. The number of hydrogen-bond acceptors (Lipinski definition) is 3. The molecular formula is C16H25NO2. The highest BCUT2D eigenvalue weighted by atomic mass is 16.5. The zero-order chi connectivity index (χ0) is 14.6. The van der Waals surface area contributed by atoms with Crippen LogP contribution in [0, 0.1) is 6.92 Å². The summed E-state index contributed by atoms with van der Waals surface area (Å²) >= 11 is 0. The Bertz CT molecular complexity index is 447. The maximum Gasteiger partial charge on any atom is 0.307 e. The highest BCUT2D eigenvalue weighted by Crippen LogP contribution is 2.27. The Balaban J connectivity index is 2.82. The third-order valence-corrected chi connectivity index (χ3v) is 3.35. The fraction of sp³-hybridized carbons (Fsp3) is 0.562. The van der Waals surface area contributed by atoms with Gasteiger partial charge in [-0.05, 0) is 29.5 Å². The maximum atomic E-state index is 11.2. The Morgan fingerprint density at radius 1 is 1.32 bits per heavy atom. The van der Waals surface area contributed by atoms with Crippen molar-refractivity contribution in [2.75, 3.05) is 25.6 Å². The van der Waals surface area contributed by atoms with Gasteiger partial charge in [-0.15, -0.1) is 0 Å². The molecule has 3 nitrogen and oxygen atoms in total. The van der Waals surface area contributed by atoms with E-state index < -0.39 is 0 Å². The molecule has 0 radical (unpaired) electrons. The van der Waals surface area contributed by atoms with Gasteiger partial charge in [-0.3, -0.25) is 4.79 Å². The van der Waals surface area contributed by atoms with E-state index in [9.17, 15) is 4.79 Å². The number of anilines is 1. The molecule has 0 atom stereocenters. The number of nitrogens with zero attached hydrogens (tertiary/aromatic N) is 1. The van der Waals surface area contributed by atoms with Crippen LogP contribution < -0.4 is 4.90 Å². The number of ether oxygens (including phenoxy) is 1. The Kier molecular flexibility index (Phi) is 4.98. The second-order valence-corrected chi connectivity index (χ2v) is 6.00. The van der Waals surface area contributed by atoms with Gasteiger partial charge in [-0.25, -0.2) is 0 Å². The summed E-state index contributed by atoms with van der Waals surface area (Å²) in [6, 6.07) is 6.52. The van der Waals surface area contributed by atoms with Crippen molar-refractivity contribution in [2.45, 2.75) is 39.5 Å². The third-order valence-electron chi connectivity index (χ3n) is 3.35. The van der Waals surface area contributed by atoms with Crippen LogP contribution in [0.2, 0.25) is 0 Å². The molecule has 0 aromatic heterocycles. The molecule has 0 heterocycles. The van der Waals surface area contributed by atoms with Crippen molar-refractivity contribution in [3.05, 3.63) is 29.3 Å². The van der Waals surface area contributed by atoms with Crippen LogP contribution in [0.1, 0.15) is 38.3 Å². The molecule has 1 rings (SSSR count). The quantitative estimate of drug-likeness (QED) is 0.781. The van der Waals surface area contributed by atoms with Gasteiger partial charge < -0.3 is 9.64 Å². The van der Waals surface area contributed by atoms with Gasteiger partial charge >= 0.3 is 5.97 Å². The molecule has 0 N–H and O–H groups in total. The van der Waals surface area contributed by atoms with Crippen LogP contribution in [0.15, 0.2) is 18.2 Å². The number of rotatable bonds is 4. The van der Waals surface area contributed by atoms with E-state index >= 15 is 0 Å². The molecule has 1 aromatic carbocycles. The lowest BCUT2D eigenvalue weighted by Crippen LogP contribution is -2.22. The van der Waals surface area contributed by atoms with Crippen molar-refractivity contribution in [1.82, 2.24) is 0 Å². The van der Waals surface area contributed by atoms with Gasteiger partial charge in [0.1, 0.15) is 0 Å². The molecule has 0 amide bonds. The molecule has 3 heteroatoms. The first-order chi connectivity index (χ1) is 8.75. The summed E-state index contributed by atoms with van der Waals surface area (Å²) in [5.41, 5.74) is 3.89. The average molecular weight is 263 g/mol. The summed E-state index contributed by atoms with van der Waals surface area (Å²) in [6.07, 6.45) is 0.410. The topological polar surface area (TPSA) is 29.5 Å². The molecule has 106 valence electrons. The lowest BCUT2D eigenvalue weighted by molar-refractivity contribution is -0.140. The normalized spacial score (nSPS) is 11.3. The molecule has 1 aromatic rings. The van der Waals surface area contributed by atoms with E-state index in [1.54, 1.807) is 0 Å². The van der Waals surface area contributed by atoms with Crippen LogP contribution in [-0.2, 0) is 14.9 Å². The molecule has 0 aliphatic carbocycles. The van der Waals surface area contributed by atoms with Crippen LogP contribution >= 0.6 is 0 Å². The van der Waals surface area contributed by atoms with Gasteiger partial charge in [0.05, 0.1) is 13.5 Å². The summed E-state index contributed by atoms with van der Waals surface area (Å²) in [5.74, 6) is -0.171. The van der Waals surface area contributed by atoms with Gasteiger partial charge in [-0.2, -0.15) is 0 Å². The fourth-order valence-corrected chi connectivity index (χ4v) is 2.03. The van der Waals surface area contributed by atoms with Crippen molar-refractivity contribution in [3.8, 4) is 0 Å². The summed E-state index contributed by atoms with van der Waals surface area (Å²) in [5, 5.41) is 0. The molecular weight excluding hydrogens is 238 g/mol. The Morgan fingerprint density at radius 3 is 2.42 bits per heavy atom. The zero-order valence-electron chi connectivity index (χ0n) is 12.9. The molecule has 0 spiro atoms. The van der Waals surface area contributed by atoms with Crippen LogP contribution in [0.3, 0.4) is 0 Å². The Labute approximate surface area is 116 Å². The molecule has 0 unspecified atom stereocenters. The predicted octanol–water partition coefficient (Wildman–Crippen LogP) is 3.29. The monoisotopic (exact) mass is 263 g/mol. The Hall–Kier alpha value is -1.51. The van der Waals surface area contributed by atoms with Crippen LogP contribution in [0.5, 0.6) is 0 Å². The Morgan fingerprint density at radius 2 is 1.95 bits per heavy atom. The second kappa shape index (κ2) is 6.09. The standard InChI is InChI=1S/C16H25NO2/c1-12-11-13(16(2,3)4)7-8-14(12)17(5)10-9-15(18)19-6/h7-8,11H,9-10H2,1-6H3. The number of carbonyl (C=O) groups excluding carboxylic acids is 1. The van der Waals surface area contributed by atoms with E-state index in [-0.39, 0.29) is 11.4 Å². The molecule has 19 heavy (non-hydrogen) atoms. The van der Waals surface area contributed by atoms with Gasteiger partial charge in [-0.1, -0.05) is 32.9 Å². The van der Waals surface area contributed by atoms with Crippen LogP contribution in [0.4, 0.5) is 5.69 Å². The molecule has 0 bridgehead atoms. The van der Waals surface area contributed by atoms with Crippen molar-refractivity contribution < 1.29 is 9.53 Å². The minimum Gasteiger partial charge on any atom is -0.469 e. The highest BCUT2D eigenvalue weighted by molar-refractivity contribution is 5.70. The van der Waals surface area contributed by atoms with Crippen molar-refractivity contribution in [3.63, 3.8) is 0 Å². The first kappa shape index (κ1) is 15.5. The number of methoxy groups -OCH3 is 1. The van der Waals surface area contributed by atoms with Gasteiger partial charge in [0.15, 0.2) is 0 Å². The van der Waals surface area contributed by atoms with E-state index in [0.717, 1.165) is 5.69 Å². The molecule has 0 fully saturated rings. The second-order valence-electron chi connectivity index (χ2n) is 6.00. The van der Waals surface area contributed by atoms with Gasteiger partial charge in [0.2, 0.25) is 0 Å². The number of benzene rings is 1. The summed E-state index contributed by atoms with van der Waals surface area (Å²) < 4.78 is 4.66. The summed E-state index contributed by atoms with van der Waals surface area (Å²) in [4.78, 5) is 13.3. The van der Waals surface area contributed by atoms with E-state index in [4.69, 9.17) is 0 Å². The van der Waals surface area contributed by atoms with Crippen molar-refractivity contribution >= 4 is 11.7 Å². The number of esters is 1. The summed E-state index contributed by atoms with van der Waals surface area (Å²) in [6.45, 7) is 9.41. The SMILES string of the molecule is COC(=O)CCN(C)c1ccc(C(C)(C)C)cc1C. The minimum absolute atomic E-state index is 0.161. The van der Waals surface area contributed by atoms with E-state index in [1.165, 1.54) is 18.2 Å². The molecule has 0 aliphatic heterocycles. The molecule has 0 aliphatic rings. The van der Waals surface area contributed by atoms with E-state index in [2.05, 4.69) is 55.5 Å². The summed E-state index contributed by atoms with van der Waals surface area (Å²) in [7, 11) is 3.42. The van der Waals surface area contributed by atoms with Crippen molar-refractivity contribution in [1.29, 1.82) is 0 Å². The van der Waals surface area contributed by atoms with E-state index in [1.807, 2.05) is 7.05 Å². The lowest BCUT2D eigenvalue weighted by atomic mass is 9.86. The molecule has 0 saturated heterocycles. The highest BCUT2D eigenvalue weighted by Gasteiger charge is 2.15. The lowest BCUT2D eigenvalue weighted by Gasteiger charge is -2.24. The first-order valence-corrected chi connectivity index (χ1v) is 6.65. The predicted molar refractivity (Wildman–Crippen MR) is 79.8 cm³/mol. The van der Waals surface area contributed by atoms with Crippen LogP contribution in [0.25, 0.3) is 0 Å². The zero-order valence-corrected chi connectivity index (χ0v) is 12.9. The minimum atomic E-state index is -0.171. The van der Waals surface area contributed by atoms with Gasteiger partial charge in [0.25, 0.3) is 0 Å². The largest absolute Gasteiger partial charge is 0.469 e. The van der Waals surface area contributed by atoms with Crippen LogP contribution in [-0.4, -0.2) is 26.7 Å². The number of hydrogen-bond donors (Lipinski definition) is 0. The number of aryl methyl sites for hydroxylation is 1. The fourth-order valence-electron chi connectivity index (χ4n) is 2.03. The molecule has 0 saturated carbocycles. The third kappa shape index (κ3) is 4.27. The van der Waals surface area contributed by atoms with Crippen molar-refractivity contribution in [2.24, 2.45) is 0 Å². The van der Waals surface area contributed by atoms with Gasteiger partial charge in [0, 0.05) is 19.3 Å².